The number of benzene rings is 1. The van der Waals surface area contributed by atoms with E-state index in [-0.39, 0.29) is 6.10 Å². The average molecular weight is 444 g/mol. The number of ether oxygens (including phenoxy) is 2. The highest BCUT2D eigenvalue weighted by Crippen LogP contribution is 2.31. The Morgan fingerprint density at radius 3 is 2.67 bits per heavy atom. The Morgan fingerprint density at radius 1 is 1.09 bits per heavy atom. The van der Waals surface area contributed by atoms with Gasteiger partial charge in [-0.25, -0.2) is 9.97 Å². The molecule has 0 amide bonds. The van der Waals surface area contributed by atoms with E-state index in [1.54, 1.807) is 19.5 Å². The molecule has 33 heavy (non-hydrogen) atoms. The summed E-state index contributed by atoms with van der Waals surface area (Å²) in [4.78, 5) is 15.3. The Bertz CT molecular complexity index is 1220. The van der Waals surface area contributed by atoms with E-state index in [0.717, 1.165) is 42.2 Å². The molecule has 1 unspecified atom stereocenters. The third kappa shape index (κ3) is 4.47. The maximum absolute atomic E-state index is 6.09. The standard InChI is InChI=1S/C26H29N5O2/c1-18(2)31-15-21(23-10-22(32-3)5-7-25(23)31)14-30-8-9-33-26(16-30)24-6-4-19(13-29-24)20-11-27-17-28-12-20/h4-7,10-13,15,17-18,26H,8-9,14,16H2,1-3H3. The maximum Gasteiger partial charge on any atom is 0.119 e. The third-order valence-corrected chi connectivity index (χ3v) is 6.23. The van der Waals surface area contributed by atoms with Crippen LogP contribution in [0.4, 0.5) is 0 Å². The summed E-state index contributed by atoms with van der Waals surface area (Å²) in [6.45, 7) is 7.69. The predicted molar refractivity (Wildman–Crippen MR) is 128 cm³/mol. The number of hydrogen-bond donors (Lipinski definition) is 0. The summed E-state index contributed by atoms with van der Waals surface area (Å²) in [5.41, 5.74) is 5.46. The van der Waals surface area contributed by atoms with Gasteiger partial charge in [-0.2, -0.15) is 0 Å². The summed E-state index contributed by atoms with van der Waals surface area (Å²) in [5, 5.41) is 1.25. The van der Waals surface area contributed by atoms with Crippen LogP contribution >= 0.6 is 0 Å². The van der Waals surface area contributed by atoms with Crippen LogP contribution in [0.2, 0.25) is 0 Å². The Labute approximate surface area is 194 Å². The number of morpholine rings is 1. The molecule has 0 radical (unpaired) electrons. The topological polar surface area (TPSA) is 65.3 Å². The summed E-state index contributed by atoms with van der Waals surface area (Å²) in [6.07, 6.45) is 9.24. The Morgan fingerprint density at radius 2 is 1.94 bits per heavy atom. The molecule has 0 bridgehead atoms. The summed E-state index contributed by atoms with van der Waals surface area (Å²) in [6, 6.07) is 10.8. The molecule has 1 fully saturated rings. The minimum atomic E-state index is -0.0483. The molecule has 1 saturated heterocycles. The average Bonchev–Trinajstić information content (AvgIpc) is 3.22. The number of nitrogens with zero attached hydrogens (tertiary/aromatic N) is 5. The second-order valence-electron chi connectivity index (χ2n) is 8.73. The van der Waals surface area contributed by atoms with Crippen LogP contribution in [0.1, 0.15) is 37.3 Å². The van der Waals surface area contributed by atoms with Gasteiger partial charge in [0, 0.05) is 72.5 Å². The summed E-state index contributed by atoms with van der Waals surface area (Å²) >= 11 is 0. The van der Waals surface area contributed by atoms with E-state index in [0.29, 0.717) is 12.6 Å². The number of aromatic nitrogens is 4. The van der Waals surface area contributed by atoms with Crippen LogP contribution in [0.3, 0.4) is 0 Å². The van der Waals surface area contributed by atoms with Gasteiger partial charge in [0.1, 0.15) is 18.2 Å². The zero-order chi connectivity index (χ0) is 22.8. The Kier molecular flexibility index (Phi) is 6.07. The molecule has 1 atom stereocenters. The van der Waals surface area contributed by atoms with E-state index >= 15 is 0 Å². The van der Waals surface area contributed by atoms with Gasteiger partial charge in [0.2, 0.25) is 0 Å². The van der Waals surface area contributed by atoms with Gasteiger partial charge in [-0.05, 0) is 43.7 Å². The molecule has 0 saturated carbocycles. The fraction of sp³-hybridized carbons (Fsp3) is 0.346. The highest BCUT2D eigenvalue weighted by Gasteiger charge is 2.24. The van der Waals surface area contributed by atoms with E-state index in [4.69, 9.17) is 14.5 Å². The molecule has 170 valence electrons. The molecule has 4 aromatic rings. The van der Waals surface area contributed by atoms with Crippen molar-refractivity contribution in [2.75, 3.05) is 26.8 Å². The normalized spacial score (nSPS) is 17.0. The molecule has 7 nitrogen and oxygen atoms in total. The molecule has 4 heterocycles. The highest BCUT2D eigenvalue weighted by molar-refractivity contribution is 5.85. The molecule has 7 heteroatoms. The zero-order valence-corrected chi connectivity index (χ0v) is 19.3. The van der Waals surface area contributed by atoms with Gasteiger partial charge in [-0.15, -0.1) is 0 Å². The lowest BCUT2D eigenvalue weighted by Crippen LogP contribution is -2.38. The van der Waals surface area contributed by atoms with Crippen LogP contribution in [-0.4, -0.2) is 51.2 Å². The first kappa shape index (κ1) is 21.6. The minimum Gasteiger partial charge on any atom is -0.497 e. The monoisotopic (exact) mass is 443 g/mol. The molecule has 1 aliphatic rings. The van der Waals surface area contributed by atoms with Crippen molar-refractivity contribution < 1.29 is 9.47 Å². The number of hydrogen-bond acceptors (Lipinski definition) is 6. The fourth-order valence-corrected chi connectivity index (χ4v) is 4.47. The van der Waals surface area contributed by atoms with E-state index in [1.807, 2.05) is 18.3 Å². The highest BCUT2D eigenvalue weighted by atomic mass is 16.5. The van der Waals surface area contributed by atoms with Crippen molar-refractivity contribution in [2.45, 2.75) is 32.5 Å². The second-order valence-corrected chi connectivity index (χ2v) is 8.73. The van der Waals surface area contributed by atoms with Gasteiger partial charge in [0.15, 0.2) is 0 Å². The SMILES string of the molecule is COc1ccc2c(c1)c(CN1CCOC(c3ccc(-c4cncnc4)cn3)C1)cn2C(C)C. The lowest BCUT2D eigenvalue weighted by Gasteiger charge is -2.32. The minimum absolute atomic E-state index is 0.0483. The molecule has 3 aromatic heterocycles. The van der Waals surface area contributed by atoms with Crippen molar-refractivity contribution in [3.05, 3.63) is 72.7 Å². The van der Waals surface area contributed by atoms with Gasteiger partial charge >= 0.3 is 0 Å². The summed E-state index contributed by atoms with van der Waals surface area (Å²) < 4.78 is 13.9. The van der Waals surface area contributed by atoms with Crippen molar-refractivity contribution in [3.8, 4) is 16.9 Å². The summed E-state index contributed by atoms with van der Waals surface area (Å²) in [5.74, 6) is 0.887. The number of fused-ring (bicyclic) bond motifs is 1. The van der Waals surface area contributed by atoms with E-state index in [1.165, 1.54) is 22.8 Å². The van der Waals surface area contributed by atoms with Crippen LogP contribution < -0.4 is 4.74 Å². The molecule has 0 N–H and O–H groups in total. The van der Waals surface area contributed by atoms with Crippen LogP contribution in [-0.2, 0) is 11.3 Å². The van der Waals surface area contributed by atoms with Crippen molar-refractivity contribution >= 4 is 10.9 Å². The lowest BCUT2D eigenvalue weighted by atomic mass is 10.1. The Balaban J connectivity index is 1.35. The van der Waals surface area contributed by atoms with E-state index in [2.05, 4.69) is 57.7 Å². The summed E-state index contributed by atoms with van der Waals surface area (Å²) in [7, 11) is 1.72. The maximum atomic E-state index is 6.09. The number of methoxy groups -OCH3 is 1. The molecule has 0 aliphatic carbocycles. The van der Waals surface area contributed by atoms with Crippen molar-refractivity contribution in [1.29, 1.82) is 0 Å². The van der Waals surface area contributed by atoms with Crippen molar-refractivity contribution in [1.82, 2.24) is 24.4 Å². The quantitative estimate of drug-likeness (QED) is 0.432. The fourth-order valence-electron chi connectivity index (χ4n) is 4.47. The zero-order valence-electron chi connectivity index (χ0n) is 19.3. The molecular weight excluding hydrogens is 414 g/mol. The number of pyridine rings is 1. The van der Waals surface area contributed by atoms with Gasteiger partial charge < -0.3 is 14.0 Å². The first-order valence-corrected chi connectivity index (χ1v) is 11.3. The lowest BCUT2D eigenvalue weighted by molar-refractivity contribution is -0.0348. The molecule has 5 rings (SSSR count). The first-order valence-electron chi connectivity index (χ1n) is 11.3. The molecule has 0 spiro atoms. The molecule has 1 aliphatic heterocycles. The van der Waals surface area contributed by atoms with Crippen molar-refractivity contribution in [3.63, 3.8) is 0 Å². The van der Waals surface area contributed by atoms with E-state index < -0.39 is 0 Å². The first-order chi connectivity index (χ1) is 16.1. The van der Waals surface area contributed by atoms with Crippen molar-refractivity contribution in [2.24, 2.45) is 0 Å². The largest absolute Gasteiger partial charge is 0.497 e. The molecular formula is C26H29N5O2. The van der Waals surface area contributed by atoms with Crippen LogP contribution in [0.5, 0.6) is 5.75 Å². The van der Waals surface area contributed by atoms with Gasteiger partial charge in [-0.3, -0.25) is 9.88 Å². The smallest absolute Gasteiger partial charge is 0.119 e. The van der Waals surface area contributed by atoms with Gasteiger partial charge in [-0.1, -0.05) is 6.07 Å². The van der Waals surface area contributed by atoms with Gasteiger partial charge in [0.25, 0.3) is 0 Å². The second kappa shape index (κ2) is 9.29. The van der Waals surface area contributed by atoms with Crippen LogP contribution in [0.15, 0.2) is 61.4 Å². The Hall–Kier alpha value is -3.29. The number of rotatable bonds is 6. The van der Waals surface area contributed by atoms with Crippen LogP contribution in [0, 0.1) is 0 Å². The molecule has 1 aromatic carbocycles. The van der Waals surface area contributed by atoms with Crippen LogP contribution in [0.25, 0.3) is 22.0 Å². The predicted octanol–water partition coefficient (Wildman–Crippen LogP) is 4.66. The third-order valence-electron chi connectivity index (χ3n) is 6.23. The van der Waals surface area contributed by atoms with E-state index in [9.17, 15) is 0 Å². The van der Waals surface area contributed by atoms with Gasteiger partial charge in [0.05, 0.1) is 19.4 Å².